The summed E-state index contributed by atoms with van der Waals surface area (Å²) < 4.78 is 0. The van der Waals surface area contributed by atoms with E-state index in [1.807, 2.05) is 12.1 Å². The van der Waals surface area contributed by atoms with Gasteiger partial charge in [0.15, 0.2) is 0 Å². The van der Waals surface area contributed by atoms with Gasteiger partial charge < -0.3 is 11.5 Å². The summed E-state index contributed by atoms with van der Waals surface area (Å²) in [4.78, 5) is 25.3. The van der Waals surface area contributed by atoms with Gasteiger partial charge in [0.25, 0.3) is 0 Å². The van der Waals surface area contributed by atoms with Crippen molar-refractivity contribution in [3.05, 3.63) is 35.4 Å². The molecule has 2 amide bonds. The molecule has 0 spiro atoms. The summed E-state index contributed by atoms with van der Waals surface area (Å²) in [5, 5.41) is 0. The first kappa shape index (κ1) is 14.1. The minimum Gasteiger partial charge on any atom is -0.369 e. The molecule has 3 rings (SSSR count). The molecule has 1 aliphatic heterocycles. The van der Waals surface area contributed by atoms with Crippen LogP contribution in [-0.2, 0) is 16.0 Å². The lowest BCUT2D eigenvalue weighted by Gasteiger charge is -2.36. The zero-order chi connectivity index (χ0) is 15.0. The molecule has 1 saturated heterocycles. The summed E-state index contributed by atoms with van der Waals surface area (Å²) in [6.07, 6.45) is 3.60. The van der Waals surface area contributed by atoms with Crippen LogP contribution < -0.4 is 11.5 Å². The van der Waals surface area contributed by atoms with Crippen molar-refractivity contribution < 1.29 is 9.59 Å². The van der Waals surface area contributed by atoms with Crippen molar-refractivity contribution in [3.63, 3.8) is 0 Å². The highest BCUT2D eigenvalue weighted by Gasteiger charge is 2.42. The largest absolute Gasteiger partial charge is 0.369 e. The zero-order valence-electron chi connectivity index (χ0n) is 12.0. The van der Waals surface area contributed by atoms with Gasteiger partial charge in [-0.2, -0.15) is 0 Å². The molecule has 1 fully saturated rings. The molecular weight excluding hydrogens is 266 g/mol. The minimum atomic E-state index is -0.390. The molecule has 2 unspecified atom stereocenters. The number of rotatable bonds is 3. The predicted molar refractivity (Wildman–Crippen MR) is 79.1 cm³/mol. The number of carbonyl (C=O) groups excluding carboxylic acids is 2. The van der Waals surface area contributed by atoms with Crippen molar-refractivity contribution in [3.8, 4) is 0 Å². The molecule has 112 valence electrons. The van der Waals surface area contributed by atoms with E-state index in [9.17, 15) is 9.59 Å². The Bertz CT molecular complexity index is 572. The van der Waals surface area contributed by atoms with Gasteiger partial charge >= 0.3 is 0 Å². The van der Waals surface area contributed by atoms with E-state index < -0.39 is 6.04 Å². The van der Waals surface area contributed by atoms with E-state index in [0.29, 0.717) is 13.0 Å². The second-order valence-corrected chi connectivity index (χ2v) is 6.06. The van der Waals surface area contributed by atoms with Crippen LogP contribution in [0.25, 0.3) is 0 Å². The summed E-state index contributed by atoms with van der Waals surface area (Å²) in [5.74, 6) is -0.980. The van der Waals surface area contributed by atoms with Gasteiger partial charge in [0, 0.05) is 12.6 Å². The summed E-state index contributed by atoms with van der Waals surface area (Å²) in [7, 11) is 0. The fourth-order valence-corrected chi connectivity index (χ4v) is 3.76. The van der Waals surface area contributed by atoms with Gasteiger partial charge in [-0.1, -0.05) is 24.3 Å². The van der Waals surface area contributed by atoms with Gasteiger partial charge in [0.2, 0.25) is 11.8 Å². The van der Waals surface area contributed by atoms with Crippen molar-refractivity contribution in [1.82, 2.24) is 4.90 Å². The molecule has 5 nitrogen and oxygen atoms in total. The fraction of sp³-hybridized carbons (Fsp3) is 0.500. The number of nitrogens with zero attached hydrogens (tertiary/aromatic N) is 1. The fourth-order valence-electron chi connectivity index (χ4n) is 3.76. The van der Waals surface area contributed by atoms with E-state index in [4.69, 9.17) is 11.5 Å². The van der Waals surface area contributed by atoms with Crippen LogP contribution >= 0.6 is 0 Å². The molecule has 1 aromatic rings. The Hall–Kier alpha value is -1.88. The molecule has 0 bridgehead atoms. The number of nitrogens with two attached hydrogens (primary N) is 2. The van der Waals surface area contributed by atoms with Crippen LogP contribution in [0.2, 0.25) is 0 Å². The van der Waals surface area contributed by atoms with Gasteiger partial charge in [0.05, 0.1) is 12.0 Å². The maximum Gasteiger partial charge on any atom is 0.234 e. The summed E-state index contributed by atoms with van der Waals surface area (Å²) >= 11 is 0. The quantitative estimate of drug-likeness (QED) is 0.858. The summed E-state index contributed by atoms with van der Waals surface area (Å²) in [6, 6.07) is 8.11. The number of hydrogen-bond donors (Lipinski definition) is 2. The molecule has 0 radical (unpaired) electrons. The molecule has 3 atom stereocenters. The highest BCUT2D eigenvalue weighted by molar-refractivity contribution is 5.83. The number of likely N-dealkylation sites (tertiary alicyclic amines) is 1. The van der Waals surface area contributed by atoms with E-state index in [2.05, 4.69) is 17.0 Å². The highest BCUT2D eigenvalue weighted by atomic mass is 16.2. The maximum atomic E-state index is 11.8. The normalized spacial score (nSPS) is 29.0. The Kier molecular flexibility index (Phi) is 3.68. The summed E-state index contributed by atoms with van der Waals surface area (Å²) in [6.45, 7) is 0.530. The van der Waals surface area contributed by atoms with Crippen LogP contribution in [0.1, 0.15) is 36.4 Å². The van der Waals surface area contributed by atoms with Crippen molar-refractivity contribution in [1.29, 1.82) is 0 Å². The molecule has 2 aliphatic rings. The first-order chi connectivity index (χ1) is 10.1. The van der Waals surface area contributed by atoms with E-state index in [1.165, 1.54) is 11.1 Å². The van der Waals surface area contributed by atoms with Gasteiger partial charge in [-0.05, 0) is 36.8 Å². The number of fused-ring (bicyclic) bond motifs is 1. The predicted octanol–water partition coefficient (Wildman–Crippen LogP) is 0.725. The molecular formula is C16H21N3O2. The SMILES string of the molecule is NC(=O)C1CC(C(N)=O)N([C@@H]2CCCc3ccccc32)C1. The average Bonchev–Trinajstić information content (AvgIpc) is 2.92. The monoisotopic (exact) mass is 287 g/mol. The van der Waals surface area contributed by atoms with Gasteiger partial charge in [-0.3, -0.25) is 14.5 Å². The lowest BCUT2D eigenvalue weighted by Crippen LogP contribution is -2.43. The molecule has 1 aromatic carbocycles. The zero-order valence-corrected chi connectivity index (χ0v) is 12.0. The molecule has 4 N–H and O–H groups in total. The first-order valence-corrected chi connectivity index (χ1v) is 7.50. The van der Waals surface area contributed by atoms with E-state index in [-0.39, 0.29) is 23.8 Å². The number of amides is 2. The highest BCUT2D eigenvalue weighted by Crippen LogP contribution is 2.39. The second-order valence-electron chi connectivity index (χ2n) is 6.06. The lowest BCUT2D eigenvalue weighted by molar-refractivity contribution is -0.123. The number of primary amides is 2. The standard InChI is InChI=1S/C16H21N3O2/c17-15(20)11-8-14(16(18)21)19(9-11)13-7-3-5-10-4-1-2-6-12(10)13/h1-2,4,6,11,13-14H,3,5,7-9H2,(H2,17,20)(H2,18,21)/t11?,13-,14?/m1/s1. The van der Waals surface area contributed by atoms with Gasteiger partial charge in [-0.25, -0.2) is 0 Å². The van der Waals surface area contributed by atoms with Crippen LogP contribution in [0.3, 0.4) is 0 Å². The Balaban J connectivity index is 1.92. The van der Waals surface area contributed by atoms with E-state index in [1.54, 1.807) is 0 Å². The molecule has 0 aromatic heterocycles. The maximum absolute atomic E-state index is 11.8. The van der Waals surface area contributed by atoms with Crippen molar-refractivity contribution in [2.45, 2.75) is 37.8 Å². The Morgan fingerprint density at radius 1 is 1.14 bits per heavy atom. The Labute approximate surface area is 124 Å². The van der Waals surface area contributed by atoms with Gasteiger partial charge in [-0.15, -0.1) is 0 Å². The average molecular weight is 287 g/mol. The van der Waals surface area contributed by atoms with Crippen LogP contribution in [0.15, 0.2) is 24.3 Å². The third-order valence-corrected chi connectivity index (χ3v) is 4.81. The van der Waals surface area contributed by atoms with Crippen LogP contribution in [0.5, 0.6) is 0 Å². The lowest BCUT2D eigenvalue weighted by atomic mass is 9.86. The Morgan fingerprint density at radius 3 is 2.62 bits per heavy atom. The third kappa shape index (κ3) is 2.53. The molecule has 5 heteroatoms. The molecule has 0 saturated carbocycles. The smallest absolute Gasteiger partial charge is 0.234 e. The number of carbonyl (C=O) groups is 2. The van der Waals surface area contributed by atoms with Crippen molar-refractivity contribution >= 4 is 11.8 Å². The van der Waals surface area contributed by atoms with E-state index >= 15 is 0 Å². The van der Waals surface area contributed by atoms with Gasteiger partial charge in [0.1, 0.15) is 0 Å². The molecule has 1 aliphatic carbocycles. The first-order valence-electron chi connectivity index (χ1n) is 7.50. The Morgan fingerprint density at radius 2 is 1.90 bits per heavy atom. The van der Waals surface area contributed by atoms with E-state index in [0.717, 1.165) is 19.3 Å². The third-order valence-electron chi connectivity index (χ3n) is 4.81. The second kappa shape index (κ2) is 5.48. The minimum absolute atomic E-state index is 0.164. The molecule has 1 heterocycles. The van der Waals surface area contributed by atoms with Crippen molar-refractivity contribution in [2.75, 3.05) is 6.54 Å². The number of benzene rings is 1. The van der Waals surface area contributed by atoms with Crippen LogP contribution in [-0.4, -0.2) is 29.3 Å². The summed E-state index contributed by atoms with van der Waals surface area (Å²) in [5.41, 5.74) is 13.6. The van der Waals surface area contributed by atoms with Crippen LogP contribution in [0, 0.1) is 5.92 Å². The number of hydrogen-bond acceptors (Lipinski definition) is 3. The number of aryl methyl sites for hydroxylation is 1. The molecule has 21 heavy (non-hydrogen) atoms. The van der Waals surface area contributed by atoms with Crippen LogP contribution in [0.4, 0.5) is 0 Å². The van der Waals surface area contributed by atoms with Crippen molar-refractivity contribution in [2.24, 2.45) is 17.4 Å². The topological polar surface area (TPSA) is 89.4 Å².